The highest BCUT2D eigenvalue weighted by Gasteiger charge is 2.89. The molecule has 1 heteroatoms. The Balaban J connectivity index is 1.83. The molecule has 76 valence electrons. The molecule has 7 rings (SSSR count). The summed E-state index contributed by atoms with van der Waals surface area (Å²) in [5, 5.41) is 3.74. The monoisotopic (exact) mass is 197 g/mol. The fraction of sp³-hybridized carbons (Fsp3) is 0.714. The van der Waals surface area contributed by atoms with Crippen LogP contribution >= 0.6 is 0 Å². The van der Waals surface area contributed by atoms with Crippen molar-refractivity contribution in [1.82, 2.24) is 5.32 Å². The molecule has 0 aromatic heterocycles. The Labute approximate surface area is 89.6 Å². The van der Waals surface area contributed by atoms with Crippen molar-refractivity contribution in [3.63, 3.8) is 0 Å². The van der Waals surface area contributed by atoms with E-state index in [0.29, 0.717) is 10.8 Å². The van der Waals surface area contributed by atoms with E-state index in [2.05, 4.69) is 29.6 Å². The summed E-state index contributed by atoms with van der Waals surface area (Å²) in [7, 11) is 0. The first kappa shape index (κ1) is 6.90. The third-order valence-electron chi connectivity index (χ3n) is 7.24. The topological polar surface area (TPSA) is 12.0 Å². The molecule has 15 heavy (non-hydrogen) atoms. The first-order valence-corrected chi connectivity index (χ1v) is 6.49. The molecule has 1 heterocycles. The molecule has 7 aliphatic rings. The van der Waals surface area contributed by atoms with Gasteiger partial charge >= 0.3 is 0 Å². The molecule has 0 amide bonds. The Morgan fingerprint density at radius 2 is 1.13 bits per heavy atom. The van der Waals surface area contributed by atoms with Crippen LogP contribution < -0.4 is 5.32 Å². The number of rotatable bonds is 0. The molecule has 8 atom stereocenters. The average molecular weight is 197 g/mol. The van der Waals surface area contributed by atoms with Gasteiger partial charge in [-0.15, -0.1) is 0 Å². The standard InChI is InChI=1S/C14H15N/c1-2-8-11-7(1)13-5-15-6-14(8,13)10-4-3-9(13)12(10)11/h1-4,7-12,15H,5-6H2/t7-,8+,9+,10-,11?,12?,13?,14?. The predicted octanol–water partition coefficient (Wildman–Crippen LogP) is 1.44. The molecule has 1 N–H and O–H groups in total. The van der Waals surface area contributed by atoms with Gasteiger partial charge in [-0.2, -0.15) is 0 Å². The molecule has 0 aromatic rings. The van der Waals surface area contributed by atoms with E-state index < -0.39 is 0 Å². The predicted molar refractivity (Wildman–Crippen MR) is 57.0 cm³/mol. The maximum Gasteiger partial charge on any atom is 0.00390 e. The third-order valence-corrected chi connectivity index (χ3v) is 7.24. The van der Waals surface area contributed by atoms with Gasteiger partial charge in [0.05, 0.1) is 0 Å². The maximum atomic E-state index is 3.74. The Hall–Kier alpha value is -0.560. The normalized spacial score (nSPS) is 77.9. The minimum absolute atomic E-state index is 0.682. The molecule has 0 radical (unpaired) electrons. The van der Waals surface area contributed by atoms with Crippen molar-refractivity contribution in [2.45, 2.75) is 0 Å². The second-order valence-corrected chi connectivity index (χ2v) is 6.71. The zero-order valence-electron chi connectivity index (χ0n) is 8.69. The minimum atomic E-state index is 0.682. The van der Waals surface area contributed by atoms with Gasteiger partial charge < -0.3 is 5.32 Å². The molecule has 5 fully saturated rings. The Kier molecular flexibility index (Phi) is 0.721. The summed E-state index contributed by atoms with van der Waals surface area (Å²) in [5.41, 5.74) is 1.36. The third kappa shape index (κ3) is 0.354. The first-order valence-electron chi connectivity index (χ1n) is 6.49. The van der Waals surface area contributed by atoms with Crippen LogP contribution in [-0.4, -0.2) is 13.1 Å². The quantitative estimate of drug-likeness (QED) is 0.579. The molecule has 6 aliphatic carbocycles. The van der Waals surface area contributed by atoms with Crippen molar-refractivity contribution >= 4 is 0 Å². The number of hydrogen-bond acceptors (Lipinski definition) is 1. The van der Waals surface area contributed by atoms with Gasteiger partial charge in [-0.25, -0.2) is 0 Å². The molecule has 4 unspecified atom stereocenters. The van der Waals surface area contributed by atoms with Crippen molar-refractivity contribution in [3.05, 3.63) is 24.3 Å². The van der Waals surface area contributed by atoms with Crippen LogP contribution in [0.3, 0.4) is 0 Å². The van der Waals surface area contributed by atoms with Crippen LogP contribution in [0.15, 0.2) is 24.3 Å². The smallest absolute Gasteiger partial charge is 0.00390 e. The Morgan fingerprint density at radius 1 is 0.733 bits per heavy atom. The molecule has 1 aliphatic heterocycles. The molecular formula is C14H15N. The highest BCUT2D eigenvalue weighted by molar-refractivity contribution is 5.49. The first-order chi connectivity index (χ1) is 7.41. The zero-order valence-corrected chi connectivity index (χ0v) is 8.69. The lowest BCUT2D eigenvalue weighted by molar-refractivity contribution is 0.0650. The van der Waals surface area contributed by atoms with Gasteiger partial charge in [0.2, 0.25) is 0 Å². The van der Waals surface area contributed by atoms with Crippen LogP contribution in [0, 0.1) is 46.3 Å². The van der Waals surface area contributed by atoms with Crippen LogP contribution in [0.2, 0.25) is 0 Å². The summed E-state index contributed by atoms with van der Waals surface area (Å²) < 4.78 is 0. The van der Waals surface area contributed by atoms with Crippen LogP contribution in [-0.2, 0) is 0 Å². The molecule has 1 nitrogen and oxygen atoms in total. The summed E-state index contributed by atoms with van der Waals surface area (Å²) in [4.78, 5) is 0. The Bertz CT molecular complexity index is 390. The van der Waals surface area contributed by atoms with Gasteiger partial charge in [-0.1, -0.05) is 24.3 Å². The van der Waals surface area contributed by atoms with E-state index in [-0.39, 0.29) is 0 Å². The van der Waals surface area contributed by atoms with E-state index in [0.717, 1.165) is 35.5 Å². The number of nitrogens with one attached hydrogen (secondary N) is 1. The maximum absolute atomic E-state index is 3.74. The fourth-order valence-corrected chi connectivity index (χ4v) is 7.42. The molecule has 1 saturated heterocycles. The van der Waals surface area contributed by atoms with Crippen LogP contribution in [0.25, 0.3) is 0 Å². The lowest BCUT2D eigenvalue weighted by atomic mass is 9.55. The number of allylic oxidation sites excluding steroid dienone is 4. The second-order valence-electron chi connectivity index (χ2n) is 6.71. The van der Waals surface area contributed by atoms with Gasteiger partial charge in [-0.05, 0) is 35.5 Å². The number of hydrogen-bond donors (Lipinski definition) is 1. The van der Waals surface area contributed by atoms with E-state index in [4.69, 9.17) is 0 Å². The van der Waals surface area contributed by atoms with Crippen LogP contribution in [0.5, 0.6) is 0 Å². The highest BCUT2D eigenvalue weighted by Crippen LogP contribution is 2.90. The lowest BCUT2D eigenvalue weighted by Crippen LogP contribution is -2.47. The molecule has 0 aromatic carbocycles. The fourth-order valence-electron chi connectivity index (χ4n) is 7.42. The summed E-state index contributed by atoms with van der Waals surface area (Å²) in [6, 6.07) is 0. The summed E-state index contributed by atoms with van der Waals surface area (Å²) in [5.74, 6) is 5.92. The van der Waals surface area contributed by atoms with E-state index in [1.807, 2.05) is 0 Å². The molecule has 8 bridgehead atoms. The SMILES string of the molecule is C1=C[C@H]2C3C4[C@H]5C=C[C@@H]4C4(CNCC524)[C@H]13. The van der Waals surface area contributed by atoms with Gasteiger partial charge in [0, 0.05) is 23.9 Å². The summed E-state index contributed by atoms with van der Waals surface area (Å²) in [6.45, 7) is 2.63. The lowest BCUT2D eigenvalue weighted by Gasteiger charge is -2.47. The van der Waals surface area contributed by atoms with Crippen LogP contribution in [0.4, 0.5) is 0 Å². The molecule has 4 saturated carbocycles. The average Bonchev–Trinajstić information content (AvgIpc) is 3.03. The minimum Gasteiger partial charge on any atom is -0.315 e. The zero-order chi connectivity index (χ0) is 9.41. The second kappa shape index (κ2) is 1.57. The summed E-state index contributed by atoms with van der Waals surface area (Å²) in [6.07, 6.45) is 10.3. The highest BCUT2D eigenvalue weighted by atomic mass is 15.1. The van der Waals surface area contributed by atoms with E-state index in [1.54, 1.807) is 0 Å². The summed E-state index contributed by atoms with van der Waals surface area (Å²) >= 11 is 0. The van der Waals surface area contributed by atoms with Crippen molar-refractivity contribution in [3.8, 4) is 0 Å². The van der Waals surface area contributed by atoms with Gasteiger partial charge in [0.15, 0.2) is 0 Å². The van der Waals surface area contributed by atoms with E-state index in [1.165, 1.54) is 13.1 Å². The largest absolute Gasteiger partial charge is 0.315 e. The van der Waals surface area contributed by atoms with Crippen molar-refractivity contribution in [2.24, 2.45) is 46.3 Å². The molecule has 2 spiro atoms. The van der Waals surface area contributed by atoms with Gasteiger partial charge in [-0.3, -0.25) is 0 Å². The van der Waals surface area contributed by atoms with Crippen LogP contribution in [0.1, 0.15) is 0 Å². The van der Waals surface area contributed by atoms with Crippen molar-refractivity contribution in [1.29, 1.82) is 0 Å². The molecular weight excluding hydrogens is 182 g/mol. The van der Waals surface area contributed by atoms with Crippen molar-refractivity contribution < 1.29 is 0 Å². The van der Waals surface area contributed by atoms with Crippen molar-refractivity contribution in [2.75, 3.05) is 13.1 Å². The van der Waals surface area contributed by atoms with Gasteiger partial charge in [0.1, 0.15) is 0 Å². The van der Waals surface area contributed by atoms with E-state index in [9.17, 15) is 0 Å². The Morgan fingerprint density at radius 3 is 1.53 bits per heavy atom. The van der Waals surface area contributed by atoms with E-state index >= 15 is 0 Å². The van der Waals surface area contributed by atoms with Gasteiger partial charge in [0.25, 0.3) is 0 Å².